The average Bonchev–Trinajstić information content (AvgIpc) is 2.73. The normalized spacial score (nSPS) is 11.0. The number of para-hydroxylation sites is 2. The molecule has 0 amide bonds. The molecule has 0 aliphatic rings. The number of rotatable bonds is 6. The van der Waals surface area contributed by atoms with E-state index >= 15 is 0 Å². The van der Waals surface area contributed by atoms with Gasteiger partial charge in [-0.3, -0.25) is 9.36 Å². The van der Waals surface area contributed by atoms with Gasteiger partial charge in [-0.15, -0.1) is 0 Å². The van der Waals surface area contributed by atoms with E-state index in [2.05, 4.69) is 4.98 Å². The third-order valence-corrected chi connectivity index (χ3v) is 5.39. The number of benzene rings is 3. The van der Waals surface area contributed by atoms with E-state index in [1.807, 2.05) is 18.2 Å². The molecule has 1 aromatic heterocycles. The highest BCUT2D eigenvalue weighted by molar-refractivity contribution is 7.99. The summed E-state index contributed by atoms with van der Waals surface area (Å²) in [5, 5.41) is 1.66. The van der Waals surface area contributed by atoms with Crippen molar-refractivity contribution in [3.8, 4) is 11.4 Å². The maximum absolute atomic E-state index is 13.7. The molecule has 0 aliphatic carbocycles. The molecule has 7 heteroatoms. The number of hydrogen-bond donors (Lipinski definition) is 0. The molecule has 29 heavy (non-hydrogen) atoms. The molecule has 0 fully saturated rings. The fourth-order valence-electron chi connectivity index (χ4n) is 2.87. The van der Waals surface area contributed by atoms with Crippen LogP contribution in [0.3, 0.4) is 0 Å². The van der Waals surface area contributed by atoms with Crippen molar-refractivity contribution >= 4 is 34.3 Å². The Labute approximate surface area is 175 Å². The smallest absolute Gasteiger partial charge is 0.266 e. The molecule has 0 radical (unpaired) electrons. The van der Waals surface area contributed by atoms with Gasteiger partial charge in [-0.1, -0.05) is 47.6 Å². The summed E-state index contributed by atoms with van der Waals surface area (Å²) < 4.78 is 20.8. The Balaban J connectivity index is 1.63. The lowest BCUT2D eigenvalue weighted by Crippen LogP contribution is -2.22. The van der Waals surface area contributed by atoms with Crippen LogP contribution in [0.25, 0.3) is 16.6 Å². The first-order valence-corrected chi connectivity index (χ1v) is 10.3. The predicted octanol–water partition coefficient (Wildman–Crippen LogP) is 5.35. The summed E-state index contributed by atoms with van der Waals surface area (Å²) >= 11 is 7.36. The minimum absolute atomic E-state index is 0.157. The van der Waals surface area contributed by atoms with Gasteiger partial charge in [0.05, 0.1) is 23.2 Å². The highest BCUT2D eigenvalue weighted by Gasteiger charge is 2.13. The third-order valence-electron chi connectivity index (χ3n) is 4.24. The molecule has 0 N–H and O–H groups in total. The molecule has 0 aliphatic heterocycles. The maximum atomic E-state index is 13.7. The Kier molecular flexibility index (Phi) is 5.83. The fraction of sp³-hybridized carbons (Fsp3) is 0.0909. The number of hydrogen-bond acceptors (Lipinski definition) is 4. The van der Waals surface area contributed by atoms with E-state index in [0.717, 1.165) is 0 Å². The van der Waals surface area contributed by atoms with Gasteiger partial charge in [-0.05, 0) is 48.5 Å². The van der Waals surface area contributed by atoms with Crippen LogP contribution < -0.4 is 10.3 Å². The van der Waals surface area contributed by atoms with E-state index in [4.69, 9.17) is 16.3 Å². The van der Waals surface area contributed by atoms with E-state index < -0.39 is 5.82 Å². The lowest BCUT2D eigenvalue weighted by Gasteiger charge is -2.13. The summed E-state index contributed by atoms with van der Waals surface area (Å²) in [5.41, 5.74) is 1.14. The van der Waals surface area contributed by atoms with E-state index in [-0.39, 0.29) is 17.9 Å². The Morgan fingerprint density at radius 2 is 1.72 bits per heavy atom. The monoisotopic (exact) mass is 426 g/mol. The summed E-state index contributed by atoms with van der Waals surface area (Å²) in [5.74, 6) is 0.293. The number of ether oxygens (including phenoxy) is 1. The molecule has 0 atom stereocenters. The molecule has 4 aromatic rings. The van der Waals surface area contributed by atoms with Crippen LogP contribution in [0.15, 0.2) is 82.7 Å². The average molecular weight is 427 g/mol. The van der Waals surface area contributed by atoms with Crippen molar-refractivity contribution in [2.75, 3.05) is 12.4 Å². The van der Waals surface area contributed by atoms with E-state index in [1.165, 1.54) is 17.8 Å². The van der Waals surface area contributed by atoms with Crippen LogP contribution in [0.1, 0.15) is 0 Å². The third kappa shape index (κ3) is 4.28. The van der Waals surface area contributed by atoms with Gasteiger partial charge in [0, 0.05) is 10.8 Å². The predicted molar refractivity (Wildman–Crippen MR) is 115 cm³/mol. The first kappa shape index (κ1) is 19.5. The molecule has 4 rings (SSSR count). The van der Waals surface area contributed by atoms with E-state index in [1.54, 1.807) is 53.1 Å². The zero-order valence-electron chi connectivity index (χ0n) is 15.2. The number of fused-ring (bicyclic) bond motifs is 1. The van der Waals surface area contributed by atoms with Crippen LogP contribution in [0, 0.1) is 5.82 Å². The zero-order chi connectivity index (χ0) is 20.2. The Morgan fingerprint density at radius 3 is 2.52 bits per heavy atom. The van der Waals surface area contributed by atoms with Crippen LogP contribution in [0.5, 0.6) is 5.75 Å². The van der Waals surface area contributed by atoms with Gasteiger partial charge in [-0.2, -0.15) is 0 Å². The van der Waals surface area contributed by atoms with Crippen molar-refractivity contribution in [1.82, 2.24) is 9.55 Å². The largest absolute Gasteiger partial charge is 0.490 e. The first-order valence-electron chi connectivity index (χ1n) is 8.91. The highest BCUT2D eigenvalue weighted by Crippen LogP contribution is 2.23. The van der Waals surface area contributed by atoms with Crippen molar-refractivity contribution in [3.63, 3.8) is 0 Å². The number of halogens is 2. The van der Waals surface area contributed by atoms with Crippen LogP contribution in [0.2, 0.25) is 5.02 Å². The van der Waals surface area contributed by atoms with Gasteiger partial charge in [0.15, 0.2) is 16.7 Å². The number of thioether (sulfide) groups is 1. The first-order chi connectivity index (χ1) is 14.1. The lowest BCUT2D eigenvalue weighted by atomic mass is 10.2. The van der Waals surface area contributed by atoms with Gasteiger partial charge >= 0.3 is 0 Å². The maximum Gasteiger partial charge on any atom is 0.266 e. The number of aromatic nitrogens is 2. The second-order valence-electron chi connectivity index (χ2n) is 6.16. The van der Waals surface area contributed by atoms with Crippen LogP contribution in [0.4, 0.5) is 4.39 Å². The van der Waals surface area contributed by atoms with E-state index in [9.17, 15) is 9.18 Å². The zero-order valence-corrected chi connectivity index (χ0v) is 16.8. The molecule has 4 nitrogen and oxygen atoms in total. The van der Waals surface area contributed by atoms with Crippen molar-refractivity contribution in [3.05, 3.63) is 94.0 Å². The topological polar surface area (TPSA) is 44.1 Å². The fourth-order valence-corrected chi connectivity index (χ4v) is 3.83. The molecule has 3 aromatic carbocycles. The molecule has 0 spiro atoms. The SMILES string of the molecule is O=c1c2ccccc2nc(SCCOc2ccccc2F)n1-c1ccc(Cl)cc1. The quantitative estimate of drug-likeness (QED) is 0.237. The molecule has 0 unspecified atom stereocenters. The molecular formula is C22H16ClFN2O2S. The van der Waals surface area contributed by atoms with E-state index in [0.29, 0.717) is 32.5 Å². The van der Waals surface area contributed by atoms with Gasteiger partial charge in [0.2, 0.25) is 0 Å². The van der Waals surface area contributed by atoms with Crippen molar-refractivity contribution in [2.45, 2.75) is 5.16 Å². The summed E-state index contributed by atoms with van der Waals surface area (Å²) in [6, 6.07) is 20.5. The van der Waals surface area contributed by atoms with Crippen LogP contribution >= 0.6 is 23.4 Å². The van der Waals surface area contributed by atoms with Crippen LogP contribution in [-0.2, 0) is 0 Å². The second kappa shape index (κ2) is 8.68. The Bertz CT molecular complexity index is 1210. The molecule has 0 saturated heterocycles. The standard InChI is InChI=1S/C22H16ClFN2O2S/c23-15-9-11-16(12-10-15)26-21(27)17-5-1-3-7-19(17)25-22(26)29-14-13-28-20-8-4-2-6-18(20)24/h1-12H,13-14H2. The minimum atomic E-state index is -0.403. The van der Waals surface area contributed by atoms with Crippen molar-refractivity contribution in [1.29, 1.82) is 0 Å². The summed E-state index contributed by atoms with van der Waals surface area (Å²) in [6.45, 7) is 0.273. The Morgan fingerprint density at radius 1 is 1.00 bits per heavy atom. The van der Waals surface area contributed by atoms with Crippen LogP contribution in [-0.4, -0.2) is 21.9 Å². The second-order valence-corrected chi connectivity index (χ2v) is 7.65. The summed E-state index contributed by atoms with van der Waals surface area (Å²) in [4.78, 5) is 17.8. The van der Waals surface area contributed by atoms with Gasteiger partial charge in [0.1, 0.15) is 0 Å². The van der Waals surface area contributed by atoms with Crippen molar-refractivity contribution in [2.24, 2.45) is 0 Å². The highest BCUT2D eigenvalue weighted by atomic mass is 35.5. The number of nitrogens with zero attached hydrogens (tertiary/aromatic N) is 2. The summed E-state index contributed by atoms with van der Waals surface area (Å²) in [7, 11) is 0. The van der Waals surface area contributed by atoms with Gasteiger partial charge < -0.3 is 4.74 Å². The molecule has 0 saturated carbocycles. The van der Waals surface area contributed by atoms with Crippen molar-refractivity contribution < 1.29 is 9.13 Å². The molecule has 146 valence electrons. The van der Waals surface area contributed by atoms with Gasteiger partial charge in [0.25, 0.3) is 5.56 Å². The lowest BCUT2D eigenvalue weighted by molar-refractivity contribution is 0.325. The minimum Gasteiger partial charge on any atom is -0.490 e. The summed E-state index contributed by atoms with van der Waals surface area (Å²) in [6.07, 6.45) is 0. The van der Waals surface area contributed by atoms with Gasteiger partial charge in [-0.25, -0.2) is 9.37 Å². The molecule has 0 bridgehead atoms. The molecular weight excluding hydrogens is 411 g/mol. The molecule has 1 heterocycles. The Hall–Kier alpha value is -2.83.